The predicted molar refractivity (Wildman–Crippen MR) is 123 cm³/mol. The molecule has 3 aromatic rings. The normalized spacial score (nSPS) is 23.7. The largest absolute Gasteiger partial charge is 0.465 e. The molecule has 0 spiro atoms. The first kappa shape index (κ1) is 21.4. The Balaban J connectivity index is 1.24. The molecule has 2 N–H and O–H groups in total. The van der Waals surface area contributed by atoms with E-state index in [-0.39, 0.29) is 24.3 Å². The van der Waals surface area contributed by atoms with Gasteiger partial charge in [0.25, 0.3) is 0 Å². The third kappa shape index (κ3) is 4.30. The average Bonchev–Trinajstić information content (AvgIpc) is 3.57. The van der Waals surface area contributed by atoms with Crippen LogP contribution in [-0.4, -0.2) is 69.9 Å². The highest BCUT2D eigenvalue weighted by molar-refractivity contribution is 7.80. The van der Waals surface area contributed by atoms with Crippen molar-refractivity contribution < 1.29 is 19.0 Å². The fraction of sp³-hybridized carbons (Fsp3) is 0.318. The first-order valence-corrected chi connectivity index (χ1v) is 10.9. The Morgan fingerprint density at radius 3 is 2.76 bits per heavy atom. The predicted octanol–water partition coefficient (Wildman–Crippen LogP) is 1.82. The summed E-state index contributed by atoms with van der Waals surface area (Å²) in [5, 5.41) is 19.0. The van der Waals surface area contributed by atoms with Gasteiger partial charge in [0.05, 0.1) is 31.9 Å². The molecule has 0 radical (unpaired) electrons. The Kier molecular flexibility index (Phi) is 5.99. The molecule has 3 heterocycles. The monoisotopic (exact) mass is 466 g/mol. The molecule has 2 aliphatic rings. The number of carbonyl (C=O) groups excluding carboxylic acids is 1. The van der Waals surface area contributed by atoms with Crippen molar-refractivity contribution in [3.63, 3.8) is 0 Å². The first-order chi connectivity index (χ1) is 16.1. The third-order valence-electron chi connectivity index (χ3n) is 5.72. The molecule has 0 bridgehead atoms. The van der Waals surface area contributed by atoms with Crippen LogP contribution in [0.2, 0.25) is 0 Å². The van der Waals surface area contributed by atoms with Gasteiger partial charge in [-0.25, -0.2) is 9.48 Å². The van der Waals surface area contributed by atoms with Crippen LogP contribution in [0.4, 0.5) is 5.69 Å². The van der Waals surface area contributed by atoms with Gasteiger partial charge in [0.2, 0.25) is 0 Å². The van der Waals surface area contributed by atoms with E-state index in [0.29, 0.717) is 35.4 Å². The van der Waals surface area contributed by atoms with Crippen LogP contribution in [0.15, 0.2) is 54.6 Å². The highest BCUT2D eigenvalue weighted by Crippen LogP contribution is 2.35. The van der Waals surface area contributed by atoms with Gasteiger partial charge in [0, 0.05) is 11.3 Å². The van der Waals surface area contributed by atoms with E-state index >= 15 is 0 Å². The van der Waals surface area contributed by atoms with Gasteiger partial charge in [-0.2, -0.15) is 0 Å². The van der Waals surface area contributed by atoms with E-state index < -0.39 is 5.97 Å². The average molecular weight is 467 g/mol. The highest BCUT2D eigenvalue weighted by Gasteiger charge is 2.49. The zero-order valence-electron chi connectivity index (χ0n) is 17.7. The van der Waals surface area contributed by atoms with Crippen molar-refractivity contribution in [2.75, 3.05) is 25.6 Å². The molecular formula is C22H22N6O4S. The lowest BCUT2D eigenvalue weighted by molar-refractivity contribution is 0.0600. The fourth-order valence-electron chi connectivity index (χ4n) is 4.18. The summed E-state index contributed by atoms with van der Waals surface area (Å²) in [6.45, 7) is 0.860. The summed E-state index contributed by atoms with van der Waals surface area (Å²) in [5.41, 5.74) is 2.04. The minimum absolute atomic E-state index is 0.138. The number of nitrogens with zero attached hydrogens (tertiary/aromatic N) is 4. The number of esters is 1. The van der Waals surface area contributed by atoms with Crippen molar-refractivity contribution in [3.8, 4) is 11.4 Å². The summed E-state index contributed by atoms with van der Waals surface area (Å²) >= 11 is 5.48. The first-order valence-electron chi connectivity index (χ1n) is 10.5. The number of nitrogens with one attached hydrogen (secondary N) is 2. The number of fused-ring (bicyclic) bond motifs is 1. The SMILES string of the molecule is COC(=O)c1cccc(NC(=S)NC2COC3C2OCC3n2nnnc2-c2ccccc2)c1. The van der Waals surface area contributed by atoms with Crippen LogP contribution >= 0.6 is 12.2 Å². The molecular weight excluding hydrogens is 444 g/mol. The van der Waals surface area contributed by atoms with Gasteiger partial charge >= 0.3 is 5.97 Å². The minimum atomic E-state index is -0.410. The molecule has 2 aromatic carbocycles. The lowest BCUT2D eigenvalue weighted by Gasteiger charge is -2.20. The van der Waals surface area contributed by atoms with E-state index in [0.717, 1.165) is 5.56 Å². The van der Waals surface area contributed by atoms with Crippen LogP contribution in [0.5, 0.6) is 0 Å². The maximum atomic E-state index is 11.8. The lowest BCUT2D eigenvalue weighted by atomic mass is 10.1. The zero-order valence-corrected chi connectivity index (χ0v) is 18.6. The number of carbonyl (C=O) groups is 1. The lowest BCUT2D eigenvalue weighted by Crippen LogP contribution is -2.45. The van der Waals surface area contributed by atoms with Crippen LogP contribution in [0.1, 0.15) is 16.4 Å². The van der Waals surface area contributed by atoms with Crippen molar-refractivity contribution in [1.29, 1.82) is 0 Å². The Bertz CT molecular complexity index is 1160. The molecule has 5 rings (SSSR count). The van der Waals surface area contributed by atoms with E-state index in [2.05, 4.69) is 26.2 Å². The molecule has 4 atom stereocenters. The second-order valence-corrected chi connectivity index (χ2v) is 8.16. The summed E-state index contributed by atoms with van der Waals surface area (Å²) in [6, 6.07) is 16.4. The Morgan fingerprint density at radius 1 is 1.12 bits per heavy atom. The Labute approximate surface area is 195 Å². The number of hydrogen-bond donors (Lipinski definition) is 2. The van der Waals surface area contributed by atoms with Gasteiger partial charge in [-0.3, -0.25) is 0 Å². The number of benzene rings is 2. The van der Waals surface area contributed by atoms with Crippen molar-refractivity contribution in [3.05, 3.63) is 60.2 Å². The highest BCUT2D eigenvalue weighted by atomic mass is 32.1. The maximum absolute atomic E-state index is 11.8. The van der Waals surface area contributed by atoms with E-state index in [1.807, 2.05) is 36.4 Å². The van der Waals surface area contributed by atoms with Crippen LogP contribution < -0.4 is 10.6 Å². The number of ether oxygens (including phenoxy) is 3. The fourth-order valence-corrected chi connectivity index (χ4v) is 4.45. The summed E-state index contributed by atoms with van der Waals surface area (Å²) in [6.07, 6.45) is -0.414. The van der Waals surface area contributed by atoms with Gasteiger partial charge in [-0.15, -0.1) is 5.10 Å². The van der Waals surface area contributed by atoms with E-state index in [4.69, 9.17) is 26.4 Å². The molecule has 1 aromatic heterocycles. The van der Waals surface area contributed by atoms with Gasteiger partial charge in [-0.1, -0.05) is 36.4 Å². The molecule has 0 saturated carbocycles. The number of rotatable bonds is 5. The molecule has 0 aliphatic carbocycles. The van der Waals surface area contributed by atoms with Crippen LogP contribution in [0.3, 0.4) is 0 Å². The number of thiocarbonyl (C=S) groups is 1. The quantitative estimate of drug-likeness (QED) is 0.426. The number of anilines is 1. The van der Waals surface area contributed by atoms with Gasteiger partial charge in [0.1, 0.15) is 18.2 Å². The number of tetrazole rings is 1. The number of aromatic nitrogens is 4. The molecule has 10 nitrogen and oxygen atoms in total. The van der Waals surface area contributed by atoms with E-state index in [1.165, 1.54) is 7.11 Å². The van der Waals surface area contributed by atoms with Crippen LogP contribution in [0.25, 0.3) is 11.4 Å². The summed E-state index contributed by atoms with van der Waals surface area (Å²) in [5.74, 6) is 0.264. The molecule has 2 fully saturated rings. The summed E-state index contributed by atoms with van der Waals surface area (Å²) in [7, 11) is 1.35. The third-order valence-corrected chi connectivity index (χ3v) is 5.94. The maximum Gasteiger partial charge on any atom is 0.337 e. The minimum Gasteiger partial charge on any atom is -0.465 e. The van der Waals surface area contributed by atoms with Crippen LogP contribution in [-0.2, 0) is 14.2 Å². The number of hydrogen-bond acceptors (Lipinski definition) is 8. The molecule has 2 saturated heterocycles. The van der Waals surface area contributed by atoms with Gasteiger partial charge in [-0.05, 0) is 40.8 Å². The topological polar surface area (TPSA) is 112 Å². The van der Waals surface area contributed by atoms with Crippen molar-refractivity contribution in [2.24, 2.45) is 0 Å². The standard InChI is InChI=1S/C22H22N6O4S/c1-30-21(29)14-8-5-9-15(10-14)23-22(33)24-16-11-31-19-17(12-32-18(16)19)28-20(25-26-27-28)13-6-3-2-4-7-13/h2-10,16-19H,11-12H2,1H3,(H2,23,24,33). The zero-order chi connectivity index (χ0) is 22.8. The van der Waals surface area contributed by atoms with E-state index in [1.54, 1.807) is 22.9 Å². The van der Waals surface area contributed by atoms with Crippen LogP contribution in [0, 0.1) is 0 Å². The molecule has 0 amide bonds. The summed E-state index contributed by atoms with van der Waals surface area (Å²) in [4.78, 5) is 11.8. The van der Waals surface area contributed by atoms with Crippen molar-refractivity contribution in [1.82, 2.24) is 25.5 Å². The van der Waals surface area contributed by atoms with Crippen molar-refractivity contribution >= 4 is 29.0 Å². The van der Waals surface area contributed by atoms with Gasteiger partial charge in [0.15, 0.2) is 10.9 Å². The smallest absolute Gasteiger partial charge is 0.337 e. The second-order valence-electron chi connectivity index (χ2n) is 7.75. The molecule has 2 aliphatic heterocycles. The Morgan fingerprint density at radius 2 is 1.94 bits per heavy atom. The molecule has 11 heteroatoms. The summed E-state index contributed by atoms with van der Waals surface area (Å²) < 4.78 is 18.7. The molecule has 4 unspecified atom stereocenters. The van der Waals surface area contributed by atoms with E-state index in [9.17, 15) is 4.79 Å². The second kappa shape index (κ2) is 9.22. The Hall–Kier alpha value is -3.41. The number of methoxy groups -OCH3 is 1. The van der Waals surface area contributed by atoms with Crippen molar-refractivity contribution in [2.45, 2.75) is 24.3 Å². The van der Waals surface area contributed by atoms with Gasteiger partial charge < -0.3 is 24.8 Å². The molecule has 170 valence electrons. The molecule has 33 heavy (non-hydrogen) atoms.